The van der Waals surface area contributed by atoms with Crippen LogP contribution in [-0.2, 0) is 11.3 Å². The Labute approximate surface area is 151 Å². The molecule has 0 aliphatic carbocycles. The number of ether oxygens (including phenoxy) is 1. The van der Waals surface area contributed by atoms with Gasteiger partial charge in [-0.1, -0.05) is 0 Å². The van der Waals surface area contributed by atoms with Crippen LogP contribution in [0.15, 0.2) is 23.2 Å². The molecule has 0 bridgehead atoms. The molecule has 2 aromatic rings. The lowest BCUT2D eigenvalue weighted by Crippen LogP contribution is -2.45. The van der Waals surface area contributed by atoms with Gasteiger partial charge in [-0.3, -0.25) is 14.4 Å². The summed E-state index contributed by atoms with van der Waals surface area (Å²) >= 11 is 1.43. The number of hydrogen-bond donors (Lipinski definition) is 1. The fraction of sp³-hybridized carbons (Fsp3) is 0.588. The smallest absolute Gasteiger partial charge is 0.270 e. The van der Waals surface area contributed by atoms with Crippen molar-refractivity contribution in [1.29, 1.82) is 0 Å². The Kier molecular flexibility index (Phi) is 5.09. The maximum Gasteiger partial charge on any atom is 0.270 e. The molecule has 1 saturated heterocycles. The van der Waals surface area contributed by atoms with E-state index in [1.807, 2.05) is 6.20 Å². The van der Waals surface area contributed by atoms with Gasteiger partial charge in [0, 0.05) is 51.0 Å². The van der Waals surface area contributed by atoms with Crippen LogP contribution >= 0.6 is 11.3 Å². The van der Waals surface area contributed by atoms with E-state index < -0.39 is 0 Å². The standard InChI is InChI=1S/C17H23N5O2S/c23-17(16-11-25-12-19-16)18-7-15-10-21(8-13-2-5-24-6-3-13)9-14-1-4-20-22(14)15/h1,4,11-13,15H,2-3,5-10H2,(H,18,23)/t15-/m0/s1. The zero-order chi connectivity index (χ0) is 17.1. The number of carbonyl (C=O) groups excluding carboxylic acids is 1. The van der Waals surface area contributed by atoms with Crippen molar-refractivity contribution in [2.75, 3.05) is 32.8 Å². The molecule has 0 unspecified atom stereocenters. The van der Waals surface area contributed by atoms with Crippen LogP contribution in [0.4, 0.5) is 0 Å². The summed E-state index contributed by atoms with van der Waals surface area (Å²) in [6, 6.07) is 2.23. The number of rotatable bonds is 5. The molecule has 25 heavy (non-hydrogen) atoms. The molecule has 1 amide bonds. The van der Waals surface area contributed by atoms with Gasteiger partial charge >= 0.3 is 0 Å². The van der Waals surface area contributed by atoms with Gasteiger partial charge in [0.15, 0.2) is 0 Å². The maximum absolute atomic E-state index is 12.2. The Morgan fingerprint density at radius 2 is 2.28 bits per heavy atom. The number of hydrogen-bond acceptors (Lipinski definition) is 6. The SMILES string of the molecule is O=C(NC[C@H]1CN(CC2CCOCC2)Cc2ccnn21)c1cscn1. The Hall–Kier alpha value is -1.77. The molecule has 0 saturated carbocycles. The van der Waals surface area contributed by atoms with Crippen LogP contribution in [0.2, 0.25) is 0 Å². The first-order valence-corrected chi connectivity index (χ1v) is 9.73. The summed E-state index contributed by atoms with van der Waals surface area (Å²) in [5.41, 5.74) is 3.38. The van der Waals surface area contributed by atoms with Crippen LogP contribution in [0.3, 0.4) is 0 Å². The highest BCUT2D eigenvalue weighted by atomic mass is 32.1. The van der Waals surface area contributed by atoms with E-state index in [2.05, 4.69) is 31.0 Å². The number of aromatic nitrogens is 3. The quantitative estimate of drug-likeness (QED) is 0.875. The first-order chi connectivity index (χ1) is 12.3. The third-order valence-corrected chi connectivity index (χ3v) is 5.56. The third-order valence-electron chi connectivity index (χ3n) is 4.97. The summed E-state index contributed by atoms with van der Waals surface area (Å²) in [5, 5.41) is 9.24. The minimum atomic E-state index is -0.114. The van der Waals surface area contributed by atoms with E-state index in [0.29, 0.717) is 18.2 Å². The van der Waals surface area contributed by atoms with E-state index in [9.17, 15) is 4.79 Å². The highest BCUT2D eigenvalue weighted by Gasteiger charge is 2.28. The van der Waals surface area contributed by atoms with E-state index >= 15 is 0 Å². The van der Waals surface area contributed by atoms with Crippen LogP contribution in [0.25, 0.3) is 0 Å². The number of fused-ring (bicyclic) bond motifs is 1. The van der Waals surface area contributed by atoms with Gasteiger partial charge in [-0.15, -0.1) is 11.3 Å². The molecule has 7 nitrogen and oxygen atoms in total. The molecular weight excluding hydrogens is 338 g/mol. The molecule has 134 valence electrons. The van der Waals surface area contributed by atoms with Crippen molar-refractivity contribution in [3.8, 4) is 0 Å². The van der Waals surface area contributed by atoms with Gasteiger partial charge in [-0.2, -0.15) is 5.10 Å². The zero-order valence-electron chi connectivity index (χ0n) is 14.1. The monoisotopic (exact) mass is 361 g/mol. The molecule has 1 fully saturated rings. The van der Waals surface area contributed by atoms with Crippen molar-refractivity contribution in [3.63, 3.8) is 0 Å². The molecule has 2 aromatic heterocycles. The van der Waals surface area contributed by atoms with Gasteiger partial charge in [0.2, 0.25) is 0 Å². The zero-order valence-corrected chi connectivity index (χ0v) is 15.0. The van der Waals surface area contributed by atoms with Gasteiger partial charge in [0.25, 0.3) is 5.91 Å². The van der Waals surface area contributed by atoms with Gasteiger partial charge < -0.3 is 10.1 Å². The maximum atomic E-state index is 12.2. The minimum absolute atomic E-state index is 0.114. The van der Waals surface area contributed by atoms with E-state index in [4.69, 9.17) is 4.74 Å². The van der Waals surface area contributed by atoms with Crippen molar-refractivity contribution < 1.29 is 9.53 Å². The normalized spacial score (nSPS) is 21.8. The molecule has 2 aliphatic heterocycles. The van der Waals surface area contributed by atoms with E-state index in [0.717, 1.165) is 45.7 Å². The Balaban J connectivity index is 1.39. The van der Waals surface area contributed by atoms with Crippen molar-refractivity contribution in [3.05, 3.63) is 34.5 Å². The van der Waals surface area contributed by atoms with Crippen LogP contribution in [0.1, 0.15) is 35.1 Å². The topological polar surface area (TPSA) is 72.3 Å². The van der Waals surface area contributed by atoms with Crippen molar-refractivity contribution >= 4 is 17.2 Å². The molecule has 8 heteroatoms. The number of nitrogens with zero attached hydrogens (tertiary/aromatic N) is 4. The minimum Gasteiger partial charge on any atom is -0.381 e. The molecular formula is C17H23N5O2S. The molecule has 0 aromatic carbocycles. The Morgan fingerprint density at radius 3 is 3.08 bits per heavy atom. The molecule has 2 aliphatic rings. The van der Waals surface area contributed by atoms with Crippen LogP contribution in [-0.4, -0.2) is 58.4 Å². The molecule has 1 atom stereocenters. The second-order valence-corrected chi connectivity index (χ2v) is 7.47. The molecule has 4 rings (SSSR count). The fourth-order valence-corrected chi connectivity index (χ4v) is 4.21. The second-order valence-electron chi connectivity index (χ2n) is 6.75. The largest absolute Gasteiger partial charge is 0.381 e. The summed E-state index contributed by atoms with van der Waals surface area (Å²) in [5.74, 6) is 0.588. The summed E-state index contributed by atoms with van der Waals surface area (Å²) in [4.78, 5) is 18.7. The first-order valence-electron chi connectivity index (χ1n) is 8.78. The number of amides is 1. The molecule has 4 heterocycles. The average Bonchev–Trinajstić information content (AvgIpc) is 3.32. The van der Waals surface area contributed by atoms with Crippen molar-refractivity contribution in [2.24, 2.45) is 5.92 Å². The van der Waals surface area contributed by atoms with Gasteiger partial charge in [-0.25, -0.2) is 4.98 Å². The van der Waals surface area contributed by atoms with Crippen LogP contribution in [0, 0.1) is 5.92 Å². The predicted octanol–water partition coefficient (Wildman–Crippen LogP) is 1.55. The lowest BCUT2D eigenvalue weighted by Gasteiger charge is -2.36. The van der Waals surface area contributed by atoms with E-state index in [1.165, 1.54) is 17.0 Å². The first kappa shape index (κ1) is 16.7. The third kappa shape index (κ3) is 3.91. The predicted molar refractivity (Wildman–Crippen MR) is 94.5 cm³/mol. The van der Waals surface area contributed by atoms with Crippen LogP contribution < -0.4 is 5.32 Å². The summed E-state index contributed by atoms with van der Waals surface area (Å²) in [6.07, 6.45) is 4.13. The van der Waals surface area contributed by atoms with Crippen LogP contribution in [0.5, 0.6) is 0 Å². The second kappa shape index (κ2) is 7.63. The van der Waals surface area contributed by atoms with Gasteiger partial charge in [0.1, 0.15) is 5.69 Å². The number of thiazole rings is 1. The fourth-order valence-electron chi connectivity index (χ4n) is 3.67. The van der Waals surface area contributed by atoms with Gasteiger partial charge in [0.05, 0.1) is 17.2 Å². The number of nitrogens with one attached hydrogen (secondary N) is 1. The Morgan fingerprint density at radius 1 is 1.40 bits per heavy atom. The number of carbonyl (C=O) groups is 1. The van der Waals surface area contributed by atoms with Crippen molar-refractivity contribution in [1.82, 2.24) is 25.0 Å². The summed E-state index contributed by atoms with van der Waals surface area (Å²) in [6.45, 7) is 5.24. The van der Waals surface area contributed by atoms with Crippen molar-refractivity contribution in [2.45, 2.75) is 25.4 Å². The average molecular weight is 361 g/mol. The molecule has 1 N–H and O–H groups in total. The van der Waals surface area contributed by atoms with Gasteiger partial charge in [-0.05, 0) is 24.8 Å². The Bertz CT molecular complexity index is 696. The summed E-state index contributed by atoms with van der Waals surface area (Å²) < 4.78 is 7.53. The lowest BCUT2D eigenvalue weighted by molar-refractivity contribution is 0.0446. The van der Waals surface area contributed by atoms with E-state index in [-0.39, 0.29) is 11.9 Å². The molecule has 0 radical (unpaired) electrons. The van der Waals surface area contributed by atoms with E-state index in [1.54, 1.807) is 10.9 Å². The summed E-state index contributed by atoms with van der Waals surface area (Å²) in [7, 11) is 0. The highest BCUT2D eigenvalue weighted by molar-refractivity contribution is 7.07. The highest BCUT2D eigenvalue weighted by Crippen LogP contribution is 2.23. The lowest BCUT2D eigenvalue weighted by atomic mass is 9.99. The molecule has 0 spiro atoms.